The minimum atomic E-state index is -0.348. The molecule has 0 amide bonds. The second-order valence-electron chi connectivity index (χ2n) is 8.68. The number of carbonyl (C=O) groups is 1. The lowest BCUT2D eigenvalue weighted by molar-refractivity contribution is -0.145. The summed E-state index contributed by atoms with van der Waals surface area (Å²) in [7, 11) is 0. The van der Waals surface area contributed by atoms with Crippen LogP contribution in [0.2, 0.25) is 0 Å². The molecule has 0 spiro atoms. The molecule has 186 valence electrons. The van der Waals surface area contributed by atoms with E-state index in [2.05, 4.69) is 65.9 Å². The molecule has 1 aliphatic rings. The van der Waals surface area contributed by atoms with E-state index in [0.717, 1.165) is 34.9 Å². The molecule has 7 heteroatoms. The van der Waals surface area contributed by atoms with Crippen LogP contribution in [0.1, 0.15) is 59.3 Å². The maximum atomic E-state index is 11.9. The summed E-state index contributed by atoms with van der Waals surface area (Å²) in [5.41, 5.74) is 2.38. The molecule has 0 unspecified atom stereocenters. The van der Waals surface area contributed by atoms with Gasteiger partial charge in [-0.2, -0.15) is 0 Å². The largest absolute Gasteiger partial charge is 0.481 e. The zero-order valence-electron chi connectivity index (χ0n) is 20.9. The van der Waals surface area contributed by atoms with E-state index in [1.165, 1.54) is 37.1 Å². The number of fused-ring (bicyclic) bond motifs is 1. The monoisotopic (exact) mass is 502 g/mol. The van der Waals surface area contributed by atoms with Gasteiger partial charge in [-0.15, -0.1) is 11.8 Å². The van der Waals surface area contributed by atoms with Gasteiger partial charge in [0.25, 0.3) is 0 Å². The van der Waals surface area contributed by atoms with Gasteiger partial charge in [-0.3, -0.25) is 4.72 Å². The number of benzene rings is 2. The van der Waals surface area contributed by atoms with Crippen LogP contribution in [0.5, 0.6) is 5.75 Å². The van der Waals surface area contributed by atoms with Gasteiger partial charge < -0.3 is 14.4 Å². The first-order valence-corrected chi connectivity index (χ1v) is 14.4. The molecule has 0 saturated carbocycles. The molecule has 34 heavy (non-hydrogen) atoms. The summed E-state index contributed by atoms with van der Waals surface area (Å²) in [5.74, 6) is 0.371. The van der Waals surface area contributed by atoms with Crippen LogP contribution in [0.15, 0.2) is 52.3 Å². The average Bonchev–Trinajstić information content (AvgIpc) is 3.02. The summed E-state index contributed by atoms with van der Waals surface area (Å²) in [5, 5.41) is 0. The molecule has 2 aromatic carbocycles. The number of para-hydroxylation sites is 1. The van der Waals surface area contributed by atoms with Crippen LogP contribution in [0, 0.1) is 0 Å². The van der Waals surface area contributed by atoms with E-state index in [-0.39, 0.29) is 18.1 Å². The first-order chi connectivity index (χ1) is 16.6. The lowest BCUT2D eigenvalue weighted by atomic mass is 9.87. The SMILES string of the molecule is CCCCC1(CCCC)CN(c2ccccc2)c2cc(SC)c(OCC(=O)OCC)cc2SN1. The van der Waals surface area contributed by atoms with E-state index >= 15 is 0 Å². The van der Waals surface area contributed by atoms with Gasteiger partial charge in [-0.25, -0.2) is 4.79 Å². The van der Waals surface area contributed by atoms with Gasteiger partial charge in [0.1, 0.15) is 5.75 Å². The van der Waals surface area contributed by atoms with Crippen molar-refractivity contribution in [3.63, 3.8) is 0 Å². The van der Waals surface area contributed by atoms with Crippen molar-refractivity contribution in [3.05, 3.63) is 42.5 Å². The van der Waals surface area contributed by atoms with Crippen molar-refractivity contribution in [1.82, 2.24) is 4.72 Å². The number of thioether (sulfide) groups is 1. The maximum absolute atomic E-state index is 11.9. The molecular weight excluding hydrogens is 464 g/mol. The Morgan fingerprint density at radius 2 is 1.82 bits per heavy atom. The highest BCUT2D eigenvalue weighted by molar-refractivity contribution is 7.98. The van der Waals surface area contributed by atoms with Gasteiger partial charge in [0, 0.05) is 17.8 Å². The Morgan fingerprint density at radius 3 is 2.44 bits per heavy atom. The summed E-state index contributed by atoms with van der Waals surface area (Å²) in [4.78, 5) is 16.5. The summed E-state index contributed by atoms with van der Waals surface area (Å²) in [6, 6.07) is 14.9. The number of rotatable bonds is 12. The van der Waals surface area contributed by atoms with Gasteiger partial charge in [-0.05, 0) is 62.2 Å². The van der Waals surface area contributed by atoms with Crippen molar-refractivity contribution in [2.24, 2.45) is 0 Å². The van der Waals surface area contributed by atoms with Crippen molar-refractivity contribution < 1.29 is 14.3 Å². The van der Waals surface area contributed by atoms with Crippen LogP contribution in [-0.2, 0) is 9.53 Å². The zero-order chi connectivity index (χ0) is 24.4. The topological polar surface area (TPSA) is 50.8 Å². The molecule has 1 aliphatic heterocycles. The van der Waals surface area contributed by atoms with Gasteiger partial charge in [-0.1, -0.05) is 57.7 Å². The van der Waals surface area contributed by atoms with Crippen molar-refractivity contribution >= 4 is 41.1 Å². The van der Waals surface area contributed by atoms with E-state index in [9.17, 15) is 4.79 Å². The van der Waals surface area contributed by atoms with E-state index in [1.807, 2.05) is 6.26 Å². The Balaban J connectivity index is 2.02. The molecule has 0 radical (unpaired) electrons. The van der Waals surface area contributed by atoms with E-state index in [4.69, 9.17) is 9.47 Å². The molecule has 3 rings (SSSR count). The number of nitrogens with one attached hydrogen (secondary N) is 1. The second kappa shape index (κ2) is 13.3. The van der Waals surface area contributed by atoms with Gasteiger partial charge in [0.2, 0.25) is 0 Å². The smallest absolute Gasteiger partial charge is 0.344 e. The maximum Gasteiger partial charge on any atom is 0.344 e. The Hall–Kier alpha value is -1.83. The third-order valence-electron chi connectivity index (χ3n) is 6.11. The normalized spacial score (nSPS) is 14.9. The highest BCUT2D eigenvalue weighted by Crippen LogP contribution is 2.45. The van der Waals surface area contributed by atoms with Crippen LogP contribution in [0.3, 0.4) is 0 Å². The molecule has 0 saturated heterocycles. The molecule has 0 fully saturated rings. The van der Waals surface area contributed by atoms with Crippen molar-refractivity contribution in [1.29, 1.82) is 0 Å². The predicted octanol–water partition coefficient (Wildman–Crippen LogP) is 7.22. The van der Waals surface area contributed by atoms with Crippen LogP contribution < -0.4 is 14.4 Å². The Bertz CT molecular complexity index is 916. The highest BCUT2D eigenvalue weighted by Gasteiger charge is 2.36. The lowest BCUT2D eigenvalue weighted by Gasteiger charge is -2.38. The van der Waals surface area contributed by atoms with E-state index in [0.29, 0.717) is 6.61 Å². The molecular formula is C27H38N2O3S2. The zero-order valence-corrected chi connectivity index (χ0v) is 22.5. The number of carbonyl (C=O) groups excluding carboxylic acids is 1. The van der Waals surface area contributed by atoms with Crippen LogP contribution >= 0.6 is 23.7 Å². The van der Waals surface area contributed by atoms with Crippen molar-refractivity contribution in [3.8, 4) is 5.75 Å². The number of anilines is 2. The van der Waals surface area contributed by atoms with Crippen LogP contribution in [0.25, 0.3) is 0 Å². The molecule has 0 bridgehead atoms. The molecule has 2 aromatic rings. The third-order valence-corrected chi connectivity index (χ3v) is 7.95. The lowest BCUT2D eigenvalue weighted by Crippen LogP contribution is -2.49. The van der Waals surface area contributed by atoms with E-state index < -0.39 is 0 Å². The highest BCUT2D eigenvalue weighted by atomic mass is 32.2. The van der Waals surface area contributed by atoms with Gasteiger partial charge in [0.05, 0.1) is 22.1 Å². The van der Waals surface area contributed by atoms with Crippen LogP contribution in [0.4, 0.5) is 11.4 Å². The summed E-state index contributed by atoms with van der Waals surface area (Å²) in [6.07, 6.45) is 9.06. The summed E-state index contributed by atoms with van der Waals surface area (Å²) in [6.45, 7) is 7.51. The van der Waals surface area contributed by atoms with E-state index in [1.54, 1.807) is 30.6 Å². The Labute approximate surface area is 213 Å². The molecule has 0 aromatic heterocycles. The van der Waals surface area contributed by atoms with Gasteiger partial charge in [0.15, 0.2) is 6.61 Å². The number of ether oxygens (including phenoxy) is 2. The number of hydrogen-bond acceptors (Lipinski definition) is 7. The first-order valence-electron chi connectivity index (χ1n) is 12.3. The fourth-order valence-electron chi connectivity index (χ4n) is 4.27. The first kappa shape index (κ1) is 26.8. The molecule has 0 atom stereocenters. The summed E-state index contributed by atoms with van der Waals surface area (Å²) < 4.78 is 14.9. The quantitative estimate of drug-likeness (QED) is 0.187. The molecule has 1 N–H and O–H groups in total. The Morgan fingerprint density at radius 1 is 1.12 bits per heavy atom. The Kier molecular flexibility index (Phi) is 10.5. The number of esters is 1. The van der Waals surface area contributed by atoms with Crippen LogP contribution in [-0.4, -0.2) is 37.5 Å². The number of hydrogen-bond donors (Lipinski definition) is 1. The minimum absolute atomic E-state index is 0.0109. The fraction of sp³-hybridized carbons (Fsp3) is 0.519. The van der Waals surface area contributed by atoms with Crippen molar-refractivity contribution in [2.45, 2.75) is 74.6 Å². The minimum Gasteiger partial charge on any atom is -0.481 e. The molecule has 1 heterocycles. The average molecular weight is 503 g/mol. The number of nitrogens with zero attached hydrogens (tertiary/aromatic N) is 1. The predicted molar refractivity (Wildman–Crippen MR) is 145 cm³/mol. The summed E-state index contributed by atoms with van der Waals surface area (Å²) >= 11 is 3.33. The molecule has 0 aliphatic carbocycles. The second-order valence-corrected chi connectivity index (χ2v) is 10.4. The van der Waals surface area contributed by atoms with Crippen molar-refractivity contribution in [2.75, 3.05) is 30.9 Å². The standard InChI is InChI=1S/C27H38N2O3S2/c1-5-8-15-27(16-9-6-2)20-29(21-13-11-10-12-14-21)22-17-25(33-4)23(18-24(22)34-28-27)32-19-26(30)31-7-3/h10-14,17-18,28H,5-9,15-16,19-20H2,1-4H3. The molecule has 5 nitrogen and oxygen atoms in total. The van der Waals surface area contributed by atoms with Gasteiger partial charge >= 0.3 is 5.97 Å². The fourth-order valence-corrected chi connectivity index (χ4v) is 5.86. The number of unbranched alkanes of at least 4 members (excludes halogenated alkanes) is 2. The third kappa shape index (κ3) is 6.86.